The minimum absolute atomic E-state index is 0.245. The summed E-state index contributed by atoms with van der Waals surface area (Å²) in [6, 6.07) is 18.9. The van der Waals surface area contributed by atoms with Gasteiger partial charge in [-0.2, -0.15) is 5.26 Å². The van der Waals surface area contributed by atoms with Crippen LogP contribution in [0.1, 0.15) is 42.5 Å². The molecule has 0 aliphatic rings. The molecule has 20 heavy (non-hydrogen) atoms. The molecule has 1 N–H and O–H groups in total. The Labute approximate surface area is 121 Å². The van der Waals surface area contributed by atoms with E-state index in [4.69, 9.17) is 0 Å². The van der Waals surface area contributed by atoms with E-state index in [1.54, 1.807) is 0 Å². The Bertz CT molecular complexity index is 597. The molecule has 0 saturated carbocycles. The van der Waals surface area contributed by atoms with Crippen LogP contribution in [-0.4, -0.2) is 0 Å². The Morgan fingerprint density at radius 3 is 2.50 bits per heavy atom. The van der Waals surface area contributed by atoms with Gasteiger partial charge >= 0.3 is 0 Å². The standard InChI is InChI=1S/C18H20N2/c1-3-8-17(15-10-5-4-6-11-15)20-18-12-7-9-14(2)16(18)13-19/h4-7,9-12,17,20H,3,8H2,1-2H3. The molecule has 0 fully saturated rings. The number of hydrogen-bond donors (Lipinski definition) is 1. The molecule has 2 aromatic rings. The van der Waals surface area contributed by atoms with Gasteiger partial charge in [-0.3, -0.25) is 0 Å². The van der Waals surface area contributed by atoms with Gasteiger partial charge < -0.3 is 5.32 Å². The van der Waals surface area contributed by atoms with Crippen molar-refractivity contribution < 1.29 is 0 Å². The van der Waals surface area contributed by atoms with Crippen LogP contribution < -0.4 is 5.32 Å². The highest BCUT2D eigenvalue weighted by Crippen LogP contribution is 2.27. The molecule has 0 amide bonds. The van der Waals surface area contributed by atoms with Gasteiger partial charge in [0.25, 0.3) is 0 Å². The molecule has 0 bridgehead atoms. The van der Waals surface area contributed by atoms with Gasteiger partial charge in [-0.25, -0.2) is 0 Å². The van der Waals surface area contributed by atoms with Crippen molar-refractivity contribution in [3.63, 3.8) is 0 Å². The molecule has 0 radical (unpaired) electrons. The minimum Gasteiger partial charge on any atom is -0.377 e. The number of rotatable bonds is 5. The average molecular weight is 264 g/mol. The maximum Gasteiger partial charge on any atom is 0.102 e. The summed E-state index contributed by atoms with van der Waals surface area (Å²) in [4.78, 5) is 0. The van der Waals surface area contributed by atoms with Crippen LogP contribution >= 0.6 is 0 Å². The van der Waals surface area contributed by atoms with E-state index in [0.717, 1.165) is 29.7 Å². The molecule has 2 heteroatoms. The zero-order valence-electron chi connectivity index (χ0n) is 12.1. The molecule has 2 rings (SSSR count). The van der Waals surface area contributed by atoms with Crippen LogP contribution in [0.15, 0.2) is 48.5 Å². The summed E-state index contributed by atoms with van der Waals surface area (Å²) in [5, 5.41) is 12.9. The quantitative estimate of drug-likeness (QED) is 0.840. The van der Waals surface area contributed by atoms with Crippen LogP contribution in [0.2, 0.25) is 0 Å². The van der Waals surface area contributed by atoms with Crippen molar-refractivity contribution in [2.24, 2.45) is 0 Å². The zero-order chi connectivity index (χ0) is 14.4. The number of nitrogens with one attached hydrogen (secondary N) is 1. The topological polar surface area (TPSA) is 35.8 Å². The highest BCUT2D eigenvalue weighted by Gasteiger charge is 2.13. The predicted molar refractivity (Wildman–Crippen MR) is 83.6 cm³/mol. The molecular formula is C18H20N2. The van der Waals surface area contributed by atoms with Crippen molar-refractivity contribution in [1.82, 2.24) is 0 Å². The van der Waals surface area contributed by atoms with E-state index in [1.807, 2.05) is 31.2 Å². The third kappa shape index (κ3) is 3.19. The number of anilines is 1. The fourth-order valence-electron chi connectivity index (χ4n) is 2.42. The van der Waals surface area contributed by atoms with Crippen LogP contribution in [0.3, 0.4) is 0 Å². The summed E-state index contributed by atoms with van der Waals surface area (Å²) in [7, 11) is 0. The Morgan fingerprint density at radius 1 is 1.10 bits per heavy atom. The monoisotopic (exact) mass is 264 g/mol. The molecule has 0 heterocycles. The second-order valence-corrected chi connectivity index (χ2v) is 5.01. The van der Waals surface area contributed by atoms with Crippen molar-refractivity contribution in [2.45, 2.75) is 32.7 Å². The van der Waals surface area contributed by atoms with E-state index < -0.39 is 0 Å². The second kappa shape index (κ2) is 6.77. The first kappa shape index (κ1) is 14.1. The van der Waals surface area contributed by atoms with Crippen molar-refractivity contribution in [3.8, 4) is 6.07 Å². The maximum atomic E-state index is 9.32. The normalized spacial score (nSPS) is 11.7. The number of benzene rings is 2. The Balaban J connectivity index is 2.30. The molecule has 0 saturated heterocycles. The van der Waals surface area contributed by atoms with Gasteiger partial charge in [-0.05, 0) is 30.5 Å². The molecule has 0 aliphatic heterocycles. The van der Waals surface area contributed by atoms with Crippen molar-refractivity contribution in [2.75, 3.05) is 5.32 Å². The molecule has 1 unspecified atom stereocenters. The van der Waals surface area contributed by atoms with Gasteiger partial charge in [-0.1, -0.05) is 55.8 Å². The fraction of sp³-hybridized carbons (Fsp3) is 0.278. The van der Waals surface area contributed by atoms with Gasteiger partial charge in [0.1, 0.15) is 6.07 Å². The van der Waals surface area contributed by atoms with Gasteiger partial charge in [0.2, 0.25) is 0 Å². The first-order valence-electron chi connectivity index (χ1n) is 7.07. The van der Waals surface area contributed by atoms with Crippen molar-refractivity contribution >= 4 is 5.69 Å². The number of aryl methyl sites for hydroxylation is 1. The molecule has 0 aliphatic carbocycles. The van der Waals surface area contributed by atoms with Crippen LogP contribution in [-0.2, 0) is 0 Å². The number of nitrogens with zero attached hydrogens (tertiary/aromatic N) is 1. The number of hydrogen-bond acceptors (Lipinski definition) is 2. The van der Waals surface area contributed by atoms with Crippen LogP contribution in [0.5, 0.6) is 0 Å². The first-order valence-corrected chi connectivity index (χ1v) is 7.07. The third-order valence-electron chi connectivity index (χ3n) is 3.49. The van der Waals surface area contributed by atoms with Gasteiger partial charge in [0, 0.05) is 0 Å². The van der Waals surface area contributed by atoms with Crippen LogP contribution in [0.4, 0.5) is 5.69 Å². The van der Waals surface area contributed by atoms with E-state index in [1.165, 1.54) is 5.56 Å². The van der Waals surface area contributed by atoms with Gasteiger partial charge in [0.05, 0.1) is 17.3 Å². The molecule has 0 spiro atoms. The Hall–Kier alpha value is -2.27. The lowest BCUT2D eigenvalue weighted by Crippen LogP contribution is -2.11. The van der Waals surface area contributed by atoms with Crippen LogP contribution in [0.25, 0.3) is 0 Å². The first-order chi connectivity index (χ1) is 9.76. The second-order valence-electron chi connectivity index (χ2n) is 5.01. The lowest BCUT2D eigenvalue weighted by atomic mass is 10.0. The summed E-state index contributed by atoms with van der Waals surface area (Å²) in [6.07, 6.45) is 2.14. The Kier molecular flexibility index (Phi) is 4.79. The molecule has 0 aromatic heterocycles. The third-order valence-corrected chi connectivity index (χ3v) is 3.49. The summed E-state index contributed by atoms with van der Waals surface area (Å²) < 4.78 is 0. The van der Waals surface area contributed by atoms with E-state index in [9.17, 15) is 5.26 Å². The minimum atomic E-state index is 0.245. The summed E-state index contributed by atoms with van der Waals surface area (Å²) >= 11 is 0. The molecule has 102 valence electrons. The smallest absolute Gasteiger partial charge is 0.102 e. The van der Waals surface area contributed by atoms with E-state index >= 15 is 0 Å². The van der Waals surface area contributed by atoms with E-state index in [2.05, 4.69) is 42.6 Å². The zero-order valence-corrected chi connectivity index (χ0v) is 12.1. The van der Waals surface area contributed by atoms with Gasteiger partial charge in [-0.15, -0.1) is 0 Å². The lowest BCUT2D eigenvalue weighted by molar-refractivity contribution is 0.677. The molecular weight excluding hydrogens is 244 g/mol. The fourth-order valence-corrected chi connectivity index (χ4v) is 2.42. The molecule has 2 aromatic carbocycles. The van der Waals surface area contributed by atoms with Crippen molar-refractivity contribution in [3.05, 3.63) is 65.2 Å². The average Bonchev–Trinajstić information content (AvgIpc) is 2.48. The predicted octanol–water partition coefficient (Wildman–Crippen LogP) is 4.82. The van der Waals surface area contributed by atoms with Crippen LogP contribution in [0, 0.1) is 18.3 Å². The highest BCUT2D eigenvalue weighted by molar-refractivity contribution is 5.61. The van der Waals surface area contributed by atoms with Crippen molar-refractivity contribution in [1.29, 1.82) is 5.26 Å². The molecule has 2 nitrogen and oxygen atoms in total. The highest BCUT2D eigenvalue weighted by atomic mass is 14.9. The summed E-state index contributed by atoms with van der Waals surface area (Å²) in [6.45, 7) is 4.15. The maximum absolute atomic E-state index is 9.32. The van der Waals surface area contributed by atoms with E-state index in [-0.39, 0.29) is 6.04 Å². The summed E-state index contributed by atoms with van der Waals surface area (Å²) in [5.41, 5.74) is 3.94. The lowest BCUT2D eigenvalue weighted by Gasteiger charge is -2.21. The van der Waals surface area contributed by atoms with Gasteiger partial charge in [0.15, 0.2) is 0 Å². The molecule has 1 atom stereocenters. The SMILES string of the molecule is CCCC(Nc1cccc(C)c1C#N)c1ccccc1. The van der Waals surface area contributed by atoms with E-state index in [0.29, 0.717) is 0 Å². The summed E-state index contributed by atoms with van der Waals surface area (Å²) in [5.74, 6) is 0. The Morgan fingerprint density at radius 2 is 1.85 bits per heavy atom. The number of nitriles is 1. The largest absolute Gasteiger partial charge is 0.377 e.